The molecule has 0 aliphatic carbocycles. The predicted octanol–water partition coefficient (Wildman–Crippen LogP) is 4.78. The molecule has 208 valence electrons. The van der Waals surface area contributed by atoms with Crippen LogP contribution < -0.4 is 15.6 Å². The van der Waals surface area contributed by atoms with Crippen LogP contribution in [0.1, 0.15) is 23.0 Å². The number of anilines is 2. The molecular formula is C27H24Cl2N4O6S. The molecule has 0 radical (unpaired) electrons. The van der Waals surface area contributed by atoms with Crippen molar-refractivity contribution >= 4 is 56.5 Å². The van der Waals surface area contributed by atoms with E-state index in [4.69, 9.17) is 27.9 Å². The van der Waals surface area contributed by atoms with Gasteiger partial charge in [0.2, 0.25) is 0 Å². The lowest BCUT2D eigenvalue weighted by Crippen LogP contribution is -2.32. The Morgan fingerprint density at radius 1 is 0.975 bits per heavy atom. The van der Waals surface area contributed by atoms with Crippen molar-refractivity contribution in [3.8, 4) is 5.69 Å². The van der Waals surface area contributed by atoms with Crippen molar-refractivity contribution < 1.29 is 22.7 Å². The van der Waals surface area contributed by atoms with Gasteiger partial charge in [0, 0.05) is 17.8 Å². The molecule has 0 saturated carbocycles. The van der Waals surface area contributed by atoms with Crippen LogP contribution in [0.15, 0.2) is 82.5 Å². The molecule has 1 unspecified atom stereocenters. The highest BCUT2D eigenvalue weighted by atomic mass is 35.5. The number of halogens is 2. The highest BCUT2D eigenvalue weighted by Gasteiger charge is 2.26. The second-order valence-corrected chi connectivity index (χ2v) is 11.3. The van der Waals surface area contributed by atoms with Crippen molar-refractivity contribution in [2.24, 2.45) is 7.05 Å². The summed E-state index contributed by atoms with van der Waals surface area (Å²) in [6, 6.07) is 18.4. The van der Waals surface area contributed by atoms with Crippen LogP contribution in [0.4, 0.5) is 11.4 Å². The number of aromatic nitrogens is 2. The van der Waals surface area contributed by atoms with Gasteiger partial charge in [-0.2, -0.15) is 0 Å². The van der Waals surface area contributed by atoms with Crippen LogP contribution in [0.25, 0.3) is 5.69 Å². The van der Waals surface area contributed by atoms with Gasteiger partial charge in [-0.3, -0.25) is 19.0 Å². The SMILES string of the molecule is Cc1c(NC(=O)C(C)OC(=O)c2cc(S(=O)(=O)Nc3ccc(Cl)cc3)ccc2Cl)c(=O)n(-c2ccccc2)n1C. The summed E-state index contributed by atoms with van der Waals surface area (Å²) in [5, 5.41) is 2.89. The third-order valence-electron chi connectivity index (χ3n) is 6.02. The quantitative estimate of drug-likeness (QED) is 0.279. The first kappa shape index (κ1) is 28.9. The molecule has 1 amide bonds. The standard InChI is InChI=1S/C27H24Cl2N4O6S/c1-16-24(26(35)33(32(16)3)20-7-5-4-6-8-20)30-25(34)17(2)39-27(36)22-15-21(13-14-23(22)29)40(37,38)31-19-11-9-18(28)10-12-19/h4-15,17,31H,1-3H3,(H,30,34). The van der Waals surface area contributed by atoms with E-state index in [1.807, 2.05) is 6.07 Å². The van der Waals surface area contributed by atoms with E-state index in [2.05, 4.69) is 10.0 Å². The number of carbonyl (C=O) groups excluding carboxylic acids is 2. The molecule has 13 heteroatoms. The summed E-state index contributed by atoms with van der Waals surface area (Å²) in [5.41, 5.74) is 0.646. The van der Waals surface area contributed by atoms with E-state index < -0.39 is 33.6 Å². The number of amides is 1. The van der Waals surface area contributed by atoms with E-state index >= 15 is 0 Å². The maximum absolute atomic E-state index is 13.1. The molecule has 10 nitrogen and oxygen atoms in total. The van der Waals surface area contributed by atoms with Crippen molar-refractivity contribution in [2.45, 2.75) is 24.8 Å². The highest BCUT2D eigenvalue weighted by Crippen LogP contribution is 2.24. The maximum atomic E-state index is 13.1. The predicted molar refractivity (Wildman–Crippen MR) is 153 cm³/mol. The van der Waals surface area contributed by atoms with Gasteiger partial charge in [-0.15, -0.1) is 0 Å². The molecule has 4 aromatic rings. The molecule has 0 bridgehead atoms. The molecule has 3 aromatic carbocycles. The molecule has 0 spiro atoms. The zero-order chi connectivity index (χ0) is 29.2. The smallest absolute Gasteiger partial charge is 0.340 e. The number of sulfonamides is 1. The number of para-hydroxylation sites is 1. The third-order valence-corrected chi connectivity index (χ3v) is 7.98. The molecule has 1 atom stereocenters. The second kappa shape index (κ2) is 11.6. The normalized spacial score (nSPS) is 12.0. The van der Waals surface area contributed by atoms with E-state index in [1.165, 1.54) is 48.0 Å². The lowest BCUT2D eigenvalue weighted by Gasteiger charge is -2.14. The number of carbonyl (C=O) groups is 2. The Balaban J connectivity index is 1.51. The minimum atomic E-state index is -4.10. The molecule has 0 aliphatic heterocycles. The Morgan fingerprint density at radius 3 is 2.27 bits per heavy atom. The van der Waals surface area contributed by atoms with Gasteiger partial charge in [0.25, 0.3) is 21.5 Å². The average Bonchev–Trinajstić information content (AvgIpc) is 3.13. The zero-order valence-corrected chi connectivity index (χ0v) is 23.8. The lowest BCUT2D eigenvalue weighted by molar-refractivity contribution is -0.123. The monoisotopic (exact) mass is 602 g/mol. The van der Waals surface area contributed by atoms with Crippen LogP contribution in [-0.2, 0) is 26.6 Å². The summed E-state index contributed by atoms with van der Waals surface area (Å²) in [6.45, 7) is 2.98. The zero-order valence-electron chi connectivity index (χ0n) is 21.5. The van der Waals surface area contributed by atoms with Crippen molar-refractivity contribution in [1.82, 2.24) is 9.36 Å². The van der Waals surface area contributed by atoms with Crippen LogP contribution in [0, 0.1) is 6.92 Å². The Bertz CT molecular complexity index is 1750. The molecule has 40 heavy (non-hydrogen) atoms. The number of nitrogens with one attached hydrogen (secondary N) is 2. The molecule has 1 aromatic heterocycles. The molecule has 0 aliphatic rings. The van der Waals surface area contributed by atoms with Crippen LogP contribution >= 0.6 is 23.2 Å². The lowest BCUT2D eigenvalue weighted by atomic mass is 10.2. The Morgan fingerprint density at radius 2 is 1.62 bits per heavy atom. The van der Waals surface area contributed by atoms with Gasteiger partial charge in [-0.05, 0) is 68.4 Å². The van der Waals surface area contributed by atoms with E-state index in [0.29, 0.717) is 16.4 Å². The summed E-state index contributed by atoms with van der Waals surface area (Å²) < 4.78 is 36.4. The van der Waals surface area contributed by atoms with Crippen molar-refractivity contribution in [1.29, 1.82) is 0 Å². The molecule has 1 heterocycles. The number of hydrogen-bond donors (Lipinski definition) is 2. The van der Waals surface area contributed by atoms with Crippen molar-refractivity contribution in [3.63, 3.8) is 0 Å². The Hall–Kier alpha value is -4.06. The maximum Gasteiger partial charge on any atom is 0.340 e. The minimum absolute atomic E-state index is 0.0265. The van der Waals surface area contributed by atoms with Gasteiger partial charge in [-0.1, -0.05) is 41.4 Å². The largest absolute Gasteiger partial charge is 0.449 e. The van der Waals surface area contributed by atoms with Crippen LogP contribution in [0.2, 0.25) is 10.0 Å². The Labute approximate surface area is 240 Å². The number of esters is 1. The molecule has 0 fully saturated rings. The van der Waals surface area contributed by atoms with Gasteiger partial charge < -0.3 is 10.1 Å². The summed E-state index contributed by atoms with van der Waals surface area (Å²) in [4.78, 5) is 38.6. The summed E-state index contributed by atoms with van der Waals surface area (Å²) in [5.74, 6) is -1.79. The first-order valence-electron chi connectivity index (χ1n) is 11.8. The average molecular weight is 603 g/mol. The molecule has 2 N–H and O–H groups in total. The van der Waals surface area contributed by atoms with Gasteiger partial charge in [0.1, 0.15) is 5.69 Å². The molecule has 4 rings (SSSR count). The summed E-state index contributed by atoms with van der Waals surface area (Å²) in [7, 11) is -2.42. The minimum Gasteiger partial charge on any atom is -0.449 e. The van der Waals surface area contributed by atoms with E-state index in [-0.39, 0.29) is 26.9 Å². The van der Waals surface area contributed by atoms with Crippen molar-refractivity contribution in [3.05, 3.63) is 104 Å². The number of benzene rings is 3. The summed E-state index contributed by atoms with van der Waals surface area (Å²) in [6.07, 6.45) is -1.35. The fourth-order valence-corrected chi connectivity index (χ4v) is 5.18. The number of ether oxygens (including phenoxy) is 1. The Kier molecular flexibility index (Phi) is 8.38. The first-order valence-corrected chi connectivity index (χ1v) is 14.1. The molecular weight excluding hydrogens is 579 g/mol. The first-order chi connectivity index (χ1) is 18.9. The van der Waals surface area contributed by atoms with Crippen LogP contribution in [0.5, 0.6) is 0 Å². The third kappa shape index (κ3) is 6.06. The van der Waals surface area contributed by atoms with E-state index in [1.54, 1.807) is 42.9 Å². The molecule has 0 saturated heterocycles. The second-order valence-electron chi connectivity index (χ2n) is 8.73. The summed E-state index contributed by atoms with van der Waals surface area (Å²) >= 11 is 12.0. The van der Waals surface area contributed by atoms with Gasteiger partial charge in [0.15, 0.2) is 6.10 Å². The van der Waals surface area contributed by atoms with E-state index in [0.717, 1.165) is 6.07 Å². The topological polar surface area (TPSA) is 128 Å². The van der Waals surface area contributed by atoms with Gasteiger partial charge in [-0.25, -0.2) is 17.9 Å². The van der Waals surface area contributed by atoms with Gasteiger partial charge >= 0.3 is 5.97 Å². The van der Waals surface area contributed by atoms with Gasteiger partial charge in [0.05, 0.1) is 26.9 Å². The highest BCUT2D eigenvalue weighted by molar-refractivity contribution is 7.92. The van der Waals surface area contributed by atoms with Crippen LogP contribution in [-0.4, -0.2) is 35.8 Å². The van der Waals surface area contributed by atoms with E-state index in [9.17, 15) is 22.8 Å². The fourth-order valence-electron chi connectivity index (χ4n) is 3.77. The number of nitrogens with zero attached hydrogens (tertiary/aromatic N) is 2. The number of rotatable bonds is 8. The van der Waals surface area contributed by atoms with Crippen molar-refractivity contribution in [2.75, 3.05) is 10.0 Å². The number of hydrogen-bond acceptors (Lipinski definition) is 6. The fraction of sp³-hybridized carbons (Fsp3) is 0.148. The van der Waals surface area contributed by atoms with Crippen LogP contribution in [0.3, 0.4) is 0 Å².